The Hall–Kier alpha value is -2.20. The Morgan fingerprint density at radius 1 is 1.15 bits per heavy atom. The number of methoxy groups -OCH3 is 2. The van der Waals surface area contributed by atoms with Gasteiger partial charge in [0.05, 0.1) is 35.6 Å². The lowest BCUT2D eigenvalue weighted by Crippen LogP contribution is -2.25. The second kappa shape index (κ2) is 8.22. The molecule has 0 aromatic carbocycles. The molecule has 0 saturated carbocycles. The van der Waals surface area contributed by atoms with E-state index in [1.54, 1.807) is 18.5 Å². The van der Waals surface area contributed by atoms with Crippen molar-refractivity contribution in [2.75, 3.05) is 19.5 Å². The van der Waals surface area contributed by atoms with E-state index in [0.717, 1.165) is 27.2 Å². The summed E-state index contributed by atoms with van der Waals surface area (Å²) < 4.78 is 12.0. The number of nitrogens with one attached hydrogen (secondary N) is 1. The first kappa shape index (κ1) is 21.1. The molecule has 0 aliphatic rings. The minimum atomic E-state index is -0.643. The Kier molecular flexibility index (Phi) is 6.42. The van der Waals surface area contributed by atoms with E-state index in [1.807, 2.05) is 13.8 Å². The van der Waals surface area contributed by atoms with Gasteiger partial charge in [0.25, 0.3) is 0 Å². The Balaban J connectivity index is 2.40. The second-order valence-electron chi connectivity index (χ2n) is 5.84. The molecule has 0 aliphatic heterocycles. The van der Waals surface area contributed by atoms with Gasteiger partial charge in [0.2, 0.25) is 5.91 Å². The van der Waals surface area contributed by atoms with Gasteiger partial charge in [-0.15, -0.1) is 11.3 Å². The van der Waals surface area contributed by atoms with E-state index < -0.39 is 18.0 Å². The average molecular weight is 458 g/mol. The average Bonchev–Trinajstić information content (AvgIpc) is 3.10. The van der Waals surface area contributed by atoms with Crippen molar-refractivity contribution < 1.29 is 23.9 Å². The van der Waals surface area contributed by atoms with Crippen LogP contribution in [0.4, 0.5) is 5.00 Å². The number of carbonyl (C=O) groups excluding carboxylic acids is 3. The van der Waals surface area contributed by atoms with Crippen molar-refractivity contribution in [3.05, 3.63) is 31.9 Å². The molecule has 0 radical (unpaired) electrons. The van der Waals surface area contributed by atoms with Gasteiger partial charge in [-0.05, 0) is 49.2 Å². The highest BCUT2D eigenvalue weighted by atomic mass is 79.9. The quantitative estimate of drug-likeness (QED) is 0.690. The zero-order valence-corrected chi connectivity index (χ0v) is 18.2. The Morgan fingerprint density at radius 3 is 2.22 bits per heavy atom. The second-order valence-corrected chi connectivity index (χ2v) is 7.65. The van der Waals surface area contributed by atoms with Crippen LogP contribution in [0.5, 0.6) is 0 Å². The zero-order valence-electron chi connectivity index (χ0n) is 15.8. The molecule has 2 aromatic rings. The van der Waals surface area contributed by atoms with Crippen LogP contribution in [0.15, 0.2) is 4.47 Å². The largest absolute Gasteiger partial charge is 0.465 e. The van der Waals surface area contributed by atoms with Crippen LogP contribution < -0.4 is 5.32 Å². The van der Waals surface area contributed by atoms with Gasteiger partial charge in [0, 0.05) is 0 Å². The van der Waals surface area contributed by atoms with E-state index in [9.17, 15) is 14.4 Å². The predicted molar refractivity (Wildman–Crippen MR) is 104 cm³/mol. The van der Waals surface area contributed by atoms with E-state index in [-0.39, 0.29) is 21.3 Å². The monoisotopic (exact) mass is 457 g/mol. The van der Waals surface area contributed by atoms with Gasteiger partial charge in [-0.1, -0.05) is 0 Å². The minimum absolute atomic E-state index is 0.137. The summed E-state index contributed by atoms with van der Waals surface area (Å²) in [6.45, 7) is 6.98. The van der Waals surface area contributed by atoms with Crippen molar-refractivity contribution in [1.29, 1.82) is 0 Å². The summed E-state index contributed by atoms with van der Waals surface area (Å²) in [5, 5.41) is 7.31. The van der Waals surface area contributed by atoms with Crippen LogP contribution in [0.2, 0.25) is 0 Å². The lowest BCUT2D eigenvalue weighted by atomic mass is 10.1. The normalized spacial score (nSPS) is 11.8. The molecule has 1 atom stereocenters. The van der Waals surface area contributed by atoms with Crippen molar-refractivity contribution in [1.82, 2.24) is 9.78 Å². The molecule has 2 rings (SSSR count). The van der Waals surface area contributed by atoms with E-state index in [0.29, 0.717) is 5.56 Å². The molecule has 0 fully saturated rings. The van der Waals surface area contributed by atoms with E-state index in [1.165, 1.54) is 14.2 Å². The summed E-state index contributed by atoms with van der Waals surface area (Å²) in [5.41, 5.74) is 2.11. The maximum atomic E-state index is 12.8. The lowest BCUT2D eigenvalue weighted by Gasteiger charge is -2.14. The smallest absolute Gasteiger partial charge is 0.348 e. The summed E-state index contributed by atoms with van der Waals surface area (Å²) in [5.74, 6) is -1.61. The van der Waals surface area contributed by atoms with Gasteiger partial charge in [-0.25, -0.2) is 9.59 Å². The first-order valence-corrected chi connectivity index (χ1v) is 9.57. The molecular weight excluding hydrogens is 438 g/mol. The third-order valence-corrected chi connectivity index (χ3v) is 6.46. The van der Waals surface area contributed by atoms with Gasteiger partial charge < -0.3 is 14.8 Å². The predicted octanol–water partition coefficient (Wildman–Crippen LogP) is 3.41. The van der Waals surface area contributed by atoms with Crippen LogP contribution >= 0.6 is 27.3 Å². The molecule has 146 valence electrons. The highest BCUT2D eigenvalue weighted by Gasteiger charge is 2.28. The topological polar surface area (TPSA) is 99.5 Å². The molecule has 2 aromatic heterocycles. The number of aryl methyl sites for hydroxylation is 1. The number of carbonyl (C=O) groups is 3. The van der Waals surface area contributed by atoms with Crippen molar-refractivity contribution in [2.24, 2.45) is 0 Å². The molecular formula is C17H20BrN3O5S. The number of anilines is 1. The van der Waals surface area contributed by atoms with Gasteiger partial charge in [-0.3, -0.25) is 9.48 Å². The molecule has 10 heteroatoms. The summed E-state index contributed by atoms with van der Waals surface area (Å²) in [6.07, 6.45) is 0. The molecule has 0 saturated heterocycles. The fourth-order valence-electron chi connectivity index (χ4n) is 2.58. The van der Waals surface area contributed by atoms with E-state index in [2.05, 4.69) is 26.3 Å². The molecule has 8 nitrogen and oxygen atoms in total. The molecule has 27 heavy (non-hydrogen) atoms. The fraction of sp³-hybridized carbons (Fsp3) is 0.412. The number of thiophene rings is 1. The number of amides is 1. The molecule has 1 unspecified atom stereocenters. The Bertz CT molecular complexity index is 918. The number of ether oxygens (including phenoxy) is 2. The highest BCUT2D eigenvalue weighted by Crippen LogP contribution is 2.35. The van der Waals surface area contributed by atoms with Gasteiger partial charge in [0.15, 0.2) is 0 Å². The number of halogens is 1. The maximum absolute atomic E-state index is 12.8. The summed E-state index contributed by atoms with van der Waals surface area (Å²) >= 11 is 4.41. The molecule has 0 aliphatic carbocycles. The van der Waals surface area contributed by atoms with Crippen LogP contribution in [-0.4, -0.2) is 41.8 Å². The Labute approximate surface area is 169 Å². The fourth-order valence-corrected chi connectivity index (χ4v) is 3.96. The van der Waals surface area contributed by atoms with Crippen LogP contribution in [0.25, 0.3) is 0 Å². The first-order valence-electron chi connectivity index (χ1n) is 7.96. The molecule has 1 amide bonds. The third-order valence-electron chi connectivity index (χ3n) is 4.13. The molecule has 0 bridgehead atoms. The number of esters is 2. The lowest BCUT2D eigenvalue weighted by molar-refractivity contribution is -0.119. The number of nitrogens with zero attached hydrogens (tertiary/aromatic N) is 2. The zero-order chi connectivity index (χ0) is 20.5. The van der Waals surface area contributed by atoms with Crippen LogP contribution in [0.3, 0.4) is 0 Å². The number of rotatable bonds is 5. The highest BCUT2D eigenvalue weighted by molar-refractivity contribution is 9.10. The number of aromatic nitrogens is 2. The Morgan fingerprint density at radius 2 is 1.74 bits per heavy atom. The number of hydrogen-bond acceptors (Lipinski definition) is 7. The van der Waals surface area contributed by atoms with Gasteiger partial charge in [0.1, 0.15) is 15.9 Å². The standard InChI is InChI=1S/C17H20BrN3O5S/c1-7-11(16(23)25-5)15(27-13(7)17(24)26-6)19-14(22)10(4)21-9(3)12(18)8(2)20-21/h10H,1-6H3,(H,19,22). The van der Waals surface area contributed by atoms with Crippen molar-refractivity contribution in [2.45, 2.75) is 33.7 Å². The van der Waals surface area contributed by atoms with Gasteiger partial charge in [-0.2, -0.15) is 5.10 Å². The minimum Gasteiger partial charge on any atom is -0.465 e. The first-order chi connectivity index (χ1) is 12.6. The summed E-state index contributed by atoms with van der Waals surface area (Å²) in [7, 11) is 2.49. The van der Waals surface area contributed by atoms with Gasteiger partial charge >= 0.3 is 11.9 Å². The number of hydrogen-bond donors (Lipinski definition) is 1. The third kappa shape index (κ3) is 3.91. The van der Waals surface area contributed by atoms with Crippen molar-refractivity contribution in [3.63, 3.8) is 0 Å². The summed E-state index contributed by atoms with van der Waals surface area (Å²) in [6, 6.07) is -0.635. The molecule has 0 spiro atoms. The summed E-state index contributed by atoms with van der Waals surface area (Å²) in [4.78, 5) is 37.1. The van der Waals surface area contributed by atoms with Crippen molar-refractivity contribution in [3.8, 4) is 0 Å². The van der Waals surface area contributed by atoms with Crippen LogP contribution in [0.1, 0.15) is 49.9 Å². The SMILES string of the molecule is COC(=O)c1sc(NC(=O)C(C)n2nc(C)c(Br)c2C)c(C(=O)OC)c1C. The van der Waals surface area contributed by atoms with E-state index >= 15 is 0 Å². The van der Waals surface area contributed by atoms with E-state index in [4.69, 9.17) is 9.47 Å². The van der Waals surface area contributed by atoms with Crippen LogP contribution in [-0.2, 0) is 14.3 Å². The van der Waals surface area contributed by atoms with Crippen LogP contribution in [0, 0.1) is 20.8 Å². The molecule has 2 heterocycles. The molecule has 1 N–H and O–H groups in total. The maximum Gasteiger partial charge on any atom is 0.348 e. The van der Waals surface area contributed by atoms with Crippen molar-refractivity contribution >= 4 is 50.1 Å².